The fraction of sp³-hybridized carbons (Fsp3) is 0.458. The lowest BCUT2D eigenvalue weighted by Gasteiger charge is -2.34. The molecule has 1 amide bonds. The first-order valence-corrected chi connectivity index (χ1v) is 10.7. The fourth-order valence-electron chi connectivity index (χ4n) is 4.19. The molecule has 29 heavy (non-hydrogen) atoms. The first kappa shape index (κ1) is 19.9. The molecule has 0 atom stereocenters. The summed E-state index contributed by atoms with van der Waals surface area (Å²) in [4.78, 5) is 17.0. The highest BCUT2D eigenvalue weighted by molar-refractivity contribution is 5.78. The van der Waals surface area contributed by atoms with E-state index in [-0.39, 0.29) is 5.91 Å². The Morgan fingerprint density at radius 2 is 1.86 bits per heavy atom. The number of rotatable bonds is 7. The normalized spacial score (nSPS) is 17.0. The molecule has 2 aliphatic heterocycles. The monoisotopic (exact) mass is 393 g/mol. The lowest BCUT2D eigenvalue weighted by molar-refractivity contribution is -0.122. The van der Waals surface area contributed by atoms with Gasteiger partial charge in [-0.3, -0.25) is 14.6 Å². The molecule has 154 valence electrons. The Bertz CT molecular complexity index is 844. The first-order valence-electron chi connectivity index (χ1n) is 10.7. The molecular weight excluding hydrogens is 362 g/mol. The van der Waals surface area contributed by atoms with Crippen LogP contribution in [0.5, 0.6) is 5.75 Å². The van der Waals surface area contributed by atoms with Crippen LogP contribution in [0.1, 0.15) is 22.3 Å². The summed E-state index contributed by atoms with van der Waals surface area (Å²) in [6.45, 7) is 9.00. The number of hydrogen-bond donors (Lipinski definition) is 1. The number of nitrogens with zero attached hydrogens (tertiary/aromatic N) is 2. The maximum atomic E-state index is 12.3. The largest absolute Gasteiger partial charge is 0.493 e. The van der Waals surface area contributed by atoms with Crippen molar-refractivity contribution in [1.29, 1.82) is 0 Å². The summed E-state index contributed by atoms with van der Waals surface area (Å²) in [5.41, 5.74) is 5.29. The van der Waals surface area contributed by atoms with E-state index in [0.717, 1.165) is 57.9 Å². The molecule has 2 aromatic carbocycles. The molecule has 0 radical (unpaired) electrons. The lowest BCUT2D eigenvalue weighted by atomic mass is 10.1. The predicted octanol–water partition coefficient (Wildman–Crippen LogP) is 2.41. The third kappa shape index (κ3) is 5.37. The van der Waals surface area contributed by atoms with Crippen LogP contribution >= 0.6 is 0 Å². The van der Waals surface area contributed by atoms with Gasteiger partial charge in [-0.1, -0.05) is 36.4 Å². The van der Waals surface area contributed by atoms with Crippen LogP contribution in [0.25, 0.3) is 0 Å². The van der Waals surface area contributed by atoms with E-state index in [2.05, 4.69) is 64.5 Å². The highest BCUT2D eigenvalue weighted by Gasteiger charge is 2.20. The Labute approximate surface area is 173 Å². The van der Waals surface area contributed by atoms with Crippen molar-refractivity contribution in [3.63, 3.8) is 0 Å². The van der Waals surface area contributed by atoms with Crippen molar-refractivity contribution < 1.29 is 9.53 Å². The number of aryl methyl sites for hydroxylation is 1. The number of carbonyl (C=O) groups is 1. The van der Waals surface area contributed by atoms with Gasteiger partial charge in [-0.25, -0.2) is 0 Å². The summed E-state index contributed by atoms with van der Waals surface area (Å²) < 4.78 is 5.60. The minimum absolute atomic E-state index is 0.130. The van der Waals surface area contributed by atoms with Gasteiger partial charge in [-0.15, -0.1) is 0 Å². The smallest absolute Gasteiger partial charge is 0.234 e. The van der Waals surface area contributed by atoms with Gasteiger partial charge in [-0.2, -0.15) is 0 Å². The van der Waals surface area contributed by atoms with E-state index in [1.54, 1.807) is 0 Å². The SMILES string of the molecule is Cc1ccccc1CCNC(=O)CN1CCN(Cc2ccc3c(c2)CCO3)CC1. The molecule has 0 spiro atoms. The van der Waals surface area contributed by atoms with E-state index in [9.17, 15) is 4.79 Å². The third-order valence-corrected chi connectivity index (χ3v) is 5.97. The van der Waals surface area contributed by atoms with Crippen molar-refractivity contribution in [2.75, 3.05) is 45.9 Å². The Balaban J connectivity index is 1.16. The van der Waals surface area contributed by atoms with Crippen molar-refractivity contribution in [1.82, 2.24) is 15.1 Å². The fourth-order valence-corrected chi connectivity index (χ4v) is 4.19. The van der Waals surface area contributed by atoms with E-state index in [0.29, 0.717) is 13.1 Å². The maximum absolute atomic E-state index is 12.3. The van der Waals surface area contributed by atoms with Gasteiger partial charge in [0.15, 0.2) is 0 Å². The molecule has 5 heteroatoms. The zero-order chi connectivity index (χ0) is 20.1. The zero-order valence-electron chi connectivity index (χ0n) is 17.3. The van der Waals surface area contributed by atoms with Crippen LogP contribution in [-0.4, -0.2) is 61.6 Å². The molecule has 4 rings (SSSR count). The van der Waals surface area contributed by atoms with Crippen LogP contribution in [-0.2, 0) is 24.2 Å². The molecule has 0 bridgehead atoms. The Kier molecular flexibility index (Phi) is 6.47. The third-order valence-electron chi connectivity index (χ3n) is 5.97. The Morgan fingerprint density at radius 3 is 2.69 bits per heavy atom. The highest BCUT2D eigenvalue weighted by atomic mass is 16.5. The molecule has 2 aromatic rings. The number of carbonyl (C=O) groups excluding carboxylic acids is 1. The van der Waals surface area contributed by atoms with Gasteiger partial charge in [0.1, 0.15) is 5.75 Å². The number of hydrogen-bond acceptors (Lipinski definition) is 4. The van der Waals surface area contributed by atoms with E-state index in [1.807, 2.05) is 0 Å². The molecule has 0 saturated carbocycles. The predicted molar refractivity (Wildman–Crippen MR) is 115 cm³/mol. The van der Waals surface area contributed by atoms with Gasteiger partial charge in [-0.05, 0) is 41.7 Å². The van der Waals surface area contributed by atoms with Gasteiger partial charge >= 0.3 is 0 Å². The number of piperazine rings is 1. The minimum atomic E-state index is 0.130. The zero-order valence-corrected chi connectivity index (χ0v) is 17.3. The minimum Gasteiger partial charge on any atom is -0.493 e. The number of amides is 1. The van der Waals surface area contributed by atoms with Crippen LogP contribution in [0.2, 0.25) is 0 Å². The highest BCUT2D eigenvalue weighted by Crippen LogP contribution is 2.26. The molecule has 0 aliphatic carbocycles. The van der Waals surface area contributed by atoms with Crippen molar-refractivity contribution >= 4 is 5.91 Å². The average molecular weight is 394 g/mol. The van der Waals surface area contributed by atoms with Gasteiger partial charge in [0.25, 0.3) is 0 Å². The molecule has 5 nitrogen and oxygen atoms in total. The molecule has 0 unspecified atom stereocenters. The average Bonchev–Trinajstić information content (AvgIpc) is 3.19. The van der Waals surface area contributed by atoms with Gasteiger partial charge < -0.3 is 10.1 Å². The lowest BCUT2D eigenvalue weighted by Crippen LogP contribution is -2.49. The Hall–Kier alpha value is -2.37. The van der Waals surface area contributed by atoms with E-state index >= 15 is 0 Å². The molecule has 1 saturated heterocycles. The Morgan fingerprint density at radius 1 is 1.07 bits per heavy atom. The molecule has 1 fully saturated rings. The van der Waals surface area contributed by atoms with Crippen LogP contribution in [0.3, 0.4) is 0 Å². The quantitative estimate of drug-likeness (QED) is 0.785. The summed E-state index contributed by atoms with van der Waals surface area (Å²) in [7, 11) is 0. The number of ether oxygens (including phenoxy) is 1. The van der Waals surface area contributed by atoms with Gasteiger partial charge in [0.05, 0.1) is 13.2 Å². The molecule has 1 N–H and O–H groups in total. The standard InChI is InChI=1S/C24H31N3O2/c1-19-4-2-3-5-21(19)8-10-25-24(28)18-27-13-11-26(12-14-27)17-20-6-7-23-22(16-20)9-15-29-23/h2-7,16H,8-15,17-18H2,1H3,(H,25,28). The van der Waals surface area contributed by atoms with Gasteiger partial charge in [0, 0.05) is 45.7 Å². The number of benzene rings is 2. The van der Waals surface area contributed by atoms with Crippen LogP contribution in [0.15, 0.2) is 42.5 Å². The van der Waals surface area contributed by atoms with Crippen molar-refractivity contribution in [2.45, 2.75) is 26.3 Å². The van der Waals surface area contributed by atoms with E-state index in [4.69, 9.17) is 4.74 Å². The van der Waals surface area contributed by atoms with Crippen molar-refractivity contribution in [3.05, 3.63) is 64.7 Å². The van der Waals surface area contributed by atoms with Crippen LogP contribution < -0.4 is 10.1 Å². The molecule has 2 heterocycles. The maximum Gasteiger partial charge on any atom is 0.234 e. The van der Waals surface area contributed by atoms with Crippen molar-refractivity contribution in [3.8, 4) is 5.75 Å². The topological polar surface area (TPSA) is 44.8 Å². The first-order chi connectivity index (χ1) is 14.2. The number of fused-ring (bicyclic) bond motifs is 1. The second-order valence-corrected chi connectivity index (χ2v) is 8.12. The van der Waals surface area contributed by atoms with Crippen LogP contribution in [0, 0.1) is 6.92 Å². The van der Waals surface area contributed by atoms with Gasteiger partial charge in [0.2, 0.25) is 5.91 Å². The summed E-state index contributed by atoms with van der Waals surface area (Å²) in [5.74, 6) is 1.18. The summed E-state index contributed by atoms with van der Waals surface area (Å²) >= 11 is 0. The van der Waals surface area contributed by atoms with E-state index in [1.165, 1.54) is 22.3 Å². The number of nitrogens with one attached hydrogen (secondary N) is 1. The second kappa shape index (κ2) is 9.42. The molecule has 2 aliphatic rings. The van der Waals surface area contributed by atoms with Crippen LogP contribution in [0.4, 0.5) is 0 Å². The second-order valence-electron chi connectivity index (χ2n) is 8.12. The summed E-state index contributed by atoms with van der Waals surface area (Å²) in [6, 6.07) is 14.9. The molecule has 0 aromatic heterocycles. The molecular formula is C24H31N3O2. The summed E-state index contributed by atoms with van der Waals surface area (Å²) in [5, 5.41) is 3.07. The van der Waals surface area contributed by atoms with Crippen molar-refractivity contribution in [2.24, 2.45) is 0 Å². The van der Waals surface area contributed by atoms with E-state index < -0.39 is 0 Å². The summed E-state index contributed by atoms with van der Waals surface area (Å²) in [6.07, 6.45) is 1.91.